The Kier molecular flexibility index (Phi) is 5.42. The summed E-state index contributed by atoms with van der Waals surface area (Å²) in [5.41, 5.74) is 14.4. The van der Waals surface area contributed by atoms with E-state index in [0.29, 0.717) is 38.3 Å². The minimum Gasteiger partial charge on any atom is -0.399 e. The van der Waals surface area contributed by atoms with E-state index in [1.54, 1.807) is 60.7 Å². The Balaban J connectivity index is 1.78. The smallest absolute Gasteiger partial charge is 0.256 e. The molecule has 7 heteroatoms. The van der Waals surface area contributed by atoms with Crippen LogP contribution in [0.3, 0.4) is 0 Å². The van der Waals surface area contributed by atoms with Crippen molar-refractivity contribution in [1.29, 1.82) is 0 Å². The molecule has 27 heavy (non-hydrogen) atoms. The topological polar surface area (TPSA) is 110 Å². The molecule has 0 aromatic heterocycles. The van der Waals surface area contributed by atoms with Crippen LogP contribution in [0.5, 0.6) is 0 Å². The molecule has 2 amide bonds. The van der Waals surface area contributed by atoms with Gasteiger partial charge in [0.25, 0.3) is 11.8 Å². The van der Waals surface area contributed by atoms with E-state index in [0.717, 1.165) is 0 Å². The lowest BCUT2D eigenvalue weighted by Gasteiger charge is -2.10. The molecular weight excluding hydrogens is 408 g/mol. The fourth-order valence-corrected chi connectivity index (χ4v) is 2.80. The molecule has 6 N–H and O–H groups in total. The first-order valence-corrected chi connectivity index (χ1v) is 8.85. The minimum atomic E-state index is -0.339. The first-order chi connectivity index (χ1) is 12.9. The molecule has 3 aromatic carbocycles. The molecule has 0 atom stereocenters. The van der Waals surface area contributed by atoms with Gasteiger partial charge in [-0.05, 0) is 82.7 Å². The zero-order valence-corrected chi connectivity index (χ0v) is 15.8. The van der Waals surface area contributed by atoms with Gasteiger partial charge in [0.2, 0.25) is 0 Å². The molecule has 0 aliphatic heterocycles. The molecule has 136 valence electrons. The number of carbonyl (C=O) groups excluding carboxylic acids is 2. The molecule has 3 aromatic rings. The fourth-order valence-electron chi connectivity index (χ4n) is 2.38. The van der Waals surface area contributed by atoms with Crippen LogP contribution in [0.25, 0.3) is 0 Å². The Morgan fingerprint density at radius 2 is 1.19 bits per heavy atom. The monoisotopic (exact) mass is 424 g/mol. The Bertz CT molecular complexity index is 986. The standard InChI is InChI=1S/C20H17BrN4O2/c21-18-10-1-12(19(26)24-15-6-2-13(22)3-7-15)11-17(18)20(27)25-16-8-4-14(23)5-9-16/h1-11H,22-23H2,(H,24,26)(H,25,27). The number of hydrogen-bond donors (Lipinski definition) is 4. The number of hydrogen-bond acceptors (Lipinski definition) is 4. The van der Waals surface area contributed by atoms with Crippen molar-refractivity contribution in [3.8, 4) is 0 Å². The molecule has 0 aliphatic rings. The summed E-state index contributed by atoms with van der Waals surface area (Å²) in [5, 5.41) is 5.55. The van der Waals surface area contributed by atoms with Gasteiger partial charge in [-0.15, -0.1) is 0 Å². The largest absolute Gasteiger partial charge is 0.399 e. The van der Waals surface area contributed by atoms with Crippen LogP contribution in [0.2, 0.25) is 0 Å². The molecule has 0 aliphatic carbocycles. The average molecular weight is 425 g/mol. The van der Waals surface area contributed by atoms with Crippen LogP contribution >= 0.6 is 15.9 Å². The Hall–Kier alpha value is -3.32. The fraction of sp³-hybridized carbons (Fsp3) is 0. The average Bonchev–Trinajstić information content (AvgIpc) is 2.65. The predicted molar refractivity (Wildman–Crippen MR) is 112 cm³/mol. The highest BCUT2D eigenvalue weighted by Crippen LogP contribution is 2.21. The number of carbonyl (C=O) groups is 2. The van der Waals surface area contributed by atoms with E-state index in [9.17, 15) is 9.59 Å². The minimum absolute atomic E-state index is 0.325. The zero-order valence-electron chi connectivity index (χ0n) is 14.2. The second-order valence-corrected chi connectivity index (χ2v) is 6.70. The molecule has 0 saturated carbocycles. The molecule has 0 fully saturated rings. The van der Waals surface area contributed by atoms with Crippen LogP contribution < -0.4 is 22.1 Å². The van der Waals surface area contributed by atoms with Gasteiger partial charge in [-0.25, -0.2) is 0 Å². The Morgan fingerprint density at radius 3 is 1.70 bits per heavy atom. The van der Waals surface area contributed by atoms with Gasteiger partial charge in [0, 0.05) is 32.8 Å². The summed E-state index contributed by atoms with van der Waals surface area (Å²) in [6, 6.07) is 18.4. The summed E-state index contributed by atoms with van der Waals surface area (Å²) in [6.07, 6.45) is 0. The molecule has 0 heterocycles. The molecule has 0 unspecified atom stereocenters. The summed E-state index contributed by atoms with van der Waals surface area (Å²) in [4.78, 5) is 25.1. The highest BCUT2D eigenvalue weighted by Gasteiger charge is 2.15. The van der Waals surface area contributed by atoms with Crippen LogP contribution in [0.1, 0.15) is 20.7 Å². The number of halogens is 1. The molecule has 0 radical (unpaired) electrons. The van der Waals surface area contributed by atoms with Crippen molar-refractivity contribution in [2.24, 2.45) is 0 Å². The van der Waals surface area contributed by atoms with Gasteiger partial charge >= 0.3 is 0 Å². The third-order valence-corrected chi connectivity index (χ3v) is 4.50. The number of nitrogens with two attached hydrogens (primary N) is 2. The van der Waals surface area contributed by atoms with Crippen molar-refractivity contribution in [3.63, 3.8) is 0 Å². The van der Waals surface area contributed by atoms with Crippen molar-refractivity contribution in [2.75, 3.05) is 22.1 Å². The van der Waals surface area contributed by atoms with E-state index in [4.69, 9.17) is 11.5 Å². The molecule has 3 rings (SSSR count). The first kappa shape index (κ1) is 18.5. The van der Waals surface area contributed by atoms with Crippen LogP contribution in [0.4, 0.5) is 22.7 Å². The molecule has 6 nitrogen and oxygen atoms in total. The van der Waals surface area contributed by atoms with Crippen molar-refractivity contribution < 1.29 is 9.59 Å². The van der Waals surface area contributed by atoms with E-state index in [2.05, 4.69) is 26.6 Å². The van der Waals surface area contributed by atoms with E-state index in [-0.39, 0.29) is 11.8 Å². The SMILES string of the molecule is Nc1ccc(NC(=O)c2ccc(Br)c(C(=O)Nc3ccc(N)cc3)c2)cc1. The van der Waals surface area contributed by atoms with E-state index < -0.39 is 0 Å². The lowest BCUT2D eigenvalue weighted by atomic mass is 10.1. The summed E-state index contributed by atoms with van der Waals surface area (Å²) < 4.78 is 0.583. The summed E-state index contributed by atoms with van der Waals surface area (Å²) in [7, 11) is 0. The molecule has 0 saturated heterocycles. The lowest BCUT2D eigenvalue weighted by Crippen LogP contribution is -2.16. The summed E-state index contributed by atoms with van der Waals surface area (Å²) in [5.74, 6) is -0.664. The maximum absolute atomic E-state index is 12.6. The number of amides is 2. The Labute approximate surface area is 164 Å². The van der Waals surface area contributed by atoms with Gasteiger partial charge in [-0.2, -0.15) is 0 Å². The second kappa shape index (κ2) is 7.92. The van der Waals surface area contributed by atoms with Crippen LogP contribution in [0.15, 0.2) is 71.2 Å². The van der Waals surface area contributed by atoms with Gasteiger partial charge < -0.3 is 22.1 Å². The van der Waals surface area contributed by atoms with Crippen LogP contribution in [0, 0.1) is 0 Å². The summed E-state index contributed by atoms with van der Waals surface area (Å²) in [6.45, 7) is 0. The lowest BCUT2D eigenvalue weighted by molar-refractivity contribution is 0.102. The number of benzene rings is 3. The normalized spacial score (nSPS) is 10.3. The van der Waals surface area contributed by atoms with Gasteiger partial charge in [-0.1, -0.05) is 0 Å². The van der Waals surface area contributed by atoms with Gasteiger partial charge in [0.1, 0.15) is 0 Å². The molecule has 0 spiro atoms. The number of anilines is 4. The predicted octanol–water partition coefficient (Wildman–Crippen LogP) is 4.12. The van der Waals surface area contributed by atoms with Crippen molar-refractivity contribution in [3.05, 3.63) is 82.3 Å². The van der Waals surface area contributed by atoms with Crippen LogP contribution in [-0.4, -0.2) is 11.8 Å². The van der Waals surface area contributed by atoms with Gasteiger partial charge in [0.15, 0.2) is 0 Å². The highest BCUT2D eigenvalue weighted by molar-refractivity contribution is 9.10. The summed E-state index contributed by atoms with van der Waals surface area (Å²) >= 11 is 3.35. The number of nitrogen functional groups attached to an aromatic ring is 2. The Morgan fingerprint density at radius 1 is 0.704 bits per heavy atom. The van der Waals surface area contributed by atoms with E-state index >= 15 is 0 Å². The highest BCUT2D eigenvalue weighted by atomic mass is 79.9. The quantitative estimate of drug-likeness (QED) is 0.472. The molecular formula is C20H17BrN4O2. The first-order valence-electron chi connectivity index (χ1n) is 8.06. The third-order valence-electron chi connectivity index (χ3n) is 3.81. The van der Waals surface area contributed by atoms with Crippen molar-refractivity contribution in [2.45, 2.75) is 0 Å². The zero-order chi connectivity index (χ0) is 19.4. The van der Waals surface area contributed by atoms with Crippen LogP contribution in [-0.2, 0) is 0 Å². The maximum atomic E-state index is 12.6. The second-order valence-electron chi connectivity index (χ2n) is 5.85. The molecule has 0 bridgehead atoms. The van der Waals surface area contributed by atoms with Gasteiger partial charge in [-0.3, -0.25) is 9.59 Å². The number of nitrogens with one attached hydrogen (secondary N) is 2. The van der Waals surface area contributed by atoms with Gasteiger partial charge in [0.05, 0.1) is 5.56 Å². The number of rotatable bonds is 4. The maximum Gasteiger partial charge on any atom is 0.256 e. The van der Waals surface area contributed by atoms with Crippen molar-refractivity contribution in [1.82, 2.24) is 0 Å². The third kappa shape index (κ3) is 4.65. The van der Waals surface area contributed by atoms with E-state index in [1.165, 1.54) is 6.07 Å². The van der Waals surface area contributed by atoms with Crippen molar-refractivity contribution >= 4 is 50.5 Å². The van der Waals surface area contributed by atoms with E-state index in [1.807, 2.05) is 0 Å².